The largest absolute Gasteiger partial charge is 0.397 e. The monoisotopic (exact) mass is 369 g/mol. The fourth-order valence-electron chi connectivity index (χ4n) is 6.31. The van der Waals surface area contributed by atoms with Crippen LogP contribution in [0.1, 0.15) is 101 Å². The zero-order valence-electron chi connectivity index (χ0n) is 17.0. The van der Waals surface area contributed by atoms with Gasteiger partial charge in [0.1, 0.15) is 0 Å². The van der Waals surface area contributed by atoms with Crippen molar-refractivity contribution >= 4 is 11.4 Å². The molecule has 0 radical (unpaired) electrons. The second-order valence-electron chi connectivity index (χ2n) is 9.41. The molecule has 0 spiro atoms. The van der Waals surface area contributed by atoms with Crippen molar-refractivity contribution in [3.8, 4) is 0 Å². The molecule has 2 heterocycles. The molecule has 150 valence electrons. The molecular weight excluding hydrogens is 330 g/mol. The Morgan fingerprint density at radius 3 is 1.85 bits per heavy atom. The Bertz CT molecular complexity index is 590. The van der Waals surface area contributed by atoms with Crippen LogP contribution in [0.25, 0.3) is 0 Å². The molecule has 3 aliphatic rings. The van der Waals surface area contributed by atoms with Gasteiger partial charge in [-0.3, -0.25) is 4.90 Å². The molecule has 1 aromatic carbocycles. The first-order valence-corrected chi connectivity index (χ1v) is 11.7. The first-order chi connectivity index (χ1) is 13.2. The zero-order chi connectivity index (χ0) is 18.6. The topological polar surface area (TPSA) is 55.3 Å². The van der Waals surface area contributed by atoms with Crippen LogP contribution in [0.3, 0.4) is 0 Å². The van der Waals surface area contributed by atoms with E-state index in [9.17, 15) is 0 Å². The van der Waals surface area contributed by atoms with Gasteiger partial charge < -0.3 is 11.5 Å². The minimum Gasteiger partial charge on any atom is -0.397 e. The molecule has 4 rings (SSSR count). The lowest BCUT2D eigenvalue weighted by molar-refractivity contribution is -0.0139. The molecule has 1 saturated carbocycles. The fourth-order valence-corrected chi connectivity index (χ4v) is 6.31. The van der Waals surface area contributed by atoms with Crippen molar-refractivity contribution in [3.05, 3.63) is 23.8 Å². The Morgan fingerprint density at radius 2 is 1.22 bits per heavy atom. The third kappa shape index (κ3) is 4.29. The Kier molecular flexibility index (Phi) is 6.27. The summed E-state index contributed by atoms with van der Waals surface area (Å²) in [6.45, 7) is 0. The first kappa shape index (κ1) is 19.1. The van der Waals surface area contributed by atoms with Gasteiger partial charge in [-0.05, 0) is 56.1 Å². The van der Waals surface area contributed by atoms with Gasteiger partial charge in [-0.1, -0.05) is 63.5 Å². The van der Waals surface area contributed by atoms with Crippen LogP contribution in [0.5, 0.6) is 0 Å². The SMILES string of the molecule is Nc1cccc([C@H]2C[C@H]3CCC[C@@H](C2)N3C2CCCCCCCCC2)c1N. The molecule has 3 nitrogen and oxygen atoms in total. The molecule has 0 amide bonds. The highest BCUT2D eigenvalue weighted by atomic mass is 15.2. The standard InChI is InChI=1S/C24H39N3/c25-23-15-9-14-22(24(23)26)18-16-20-12-8-13-21(17-18)27(20)19-10-6-4-2-1-3-5-7-11-19/h9,14-15,18-21H,1-8,10-13,16-17,25-26H2/t18-,20+,21-. The van der Waals surface area contributed by atoms with Gasteiger partial charge in [0.25, 0.3) is 0 Å². The molecule has 4 N–H and O–H groups in total. The molecular formula is C24H39N3. The molecule has 2 bridgehead atoms. The van der Waals surface area contributed by atoms with Crippen LogP contribution in [-0.4, -0.2) is 23.0 Å². The maximum atomic E-state index is 6.37. The first-order valence-electron chi connectivity index (χ1n) is 11.7. The summed E-state index contributed by atoms with van der Waals surface area (Å²) in [4.78, 5) is 3.00. The van der Waals surface area contributed by atoms with Gasteiger partial charge in [0, 0.05) is 18.1 Å². The molecule has 3 atom stereocenters. The number of fused-ring (bicyclic) bond motifs is 2. The summed E-state index contributed by atoms with van der Waals surface area (Å²) >= 11 is 0. The van der Waals surface area contributed by atoms with Crippen molar-refractivity contribution in [2.75, 3.05) is 11.5 Å². The number of para-hydroxylation sites is 1. The molecule has 3 heteroatoms. The van der Waals surface area contributed by atoms with Crippen LogP contribution in [0.15, 0.2) is 18.2 Å². The van der Waals surface area contributed by atoms with Crippen molar-refractivity contribution in [1.82, 2.24) is 4.90 Å². The third-order valence-electron chi connectivity index (χ3n) is 7.64. The van der Waals surface area contributed by atoms with Gasteiger partial charge in [-0.2, -0.15) is 0 Å². The molecule has 3 fully saturated rings. The fraction of sp³-hybridized carbons (Fsp3) is 0.750. The zero-order valence-corrected chi connectivity index (χ0v) is 17.0. The van der Waals surface area contributed by atoms with E-state index in [4.69, 9.17) is 11.5 Å². The van der Waals surface area contributed by atoms with E-state index in [0.29, 0.717) is 5.92 Å². The number of nitrogens with zero attached hydrogens (tertiary/aromatic N) is 1. The lowest BCUT2D eigenvalue weighted by Crippen LogP contribution is -2.56. The number of nitrogen functional groups attached to an aromatic ring is 2. The summed E-state index contributed by atoms with van der Waals surface area (Å²) in [5, 5.41) is 0. The average molecular weight is 370 g/mol. The van der Waals surface area contributed by atoms with E-state index in [1.165, 1.54) is 95.5 Å². The average Bonchev–Trinajstić information content (AvgIpc) is 2.67. The number of rotatable bonds is 2. The van der Waals surface area contributed by atoms with Crippen molar-refractivity contribution in [3.63, 3.8) is 0 Å². The molecule has 0 unspecified atom stereocenters. The van der Waals surface area contributed by atoms with Crippen LogP contribution < -0.4 is 11.5 Å². The highest BCUT2D eigenvalue weighted by Crippen LogP contribution is 2.45. The number of piperidine rings is 2. The predicted octanol–water partition coefficient (Wildman–Crippen LogP) is 5.84. The van der Waals surface area contributed by atoms with E-state index in [2.05, 4.69) is 17.0 Å². The normalized spacial score (nSPS) is 31.5. The summed E-state index contributed by atoms with van der Waals surface area (Å²) < 4.78 is 0. The number of nitrogens with two attached hydrogens (primary N) is 2. The van der Waals surface area contributed by atoms with E-state index in [-0.39, 0.29) is 0 Å². The van der Waals surface area contributed by atoms with Crippen LogP contribution in [0.2, 0.25) is 0 Å². The van der Waals surface area contributed by atoms with Gasteiger partial charge in [-0.15, -0.1) is 0 Å². The van der Waals surface area contributed by atoms with Gasteiger partial charge in [0.05, 0.1) is 11.4 Å². The third-order valence-corrected chi connectivity index (χ3v) is 7.64. The predicted molar refractivity (Wildman–Crippen MR) is 116 cm³/mol. The Hall–Kier alpha value is -1.22. The van der Waals surface area contributed by atoms with Crippen molar-refractivity contribution < 1.29 is 0 Å². The lowest BCUT2D eigenvalue weighted by Gasteiger charge is -2.53. The Balaban J connectivity index is 1.50. The highest BCUT2D eigenvalue weighted by Gasteiger charge is 2.41. The maximum absolute atomic E-state index is 6.37. The molecule has 1 aromatic rings. The van der Waals surface area contributed by atoms with E-state index in [1.54, 1.807) is 0 Å². The summed E-state index contributed by atoms with van der Waals surface area (Å²) in [7, 11) is 0. The van der Waals surface area contributed by atoms with Crippen LogP contribution in [-0.2, 0) is 0 Å². The van der Waals surface area contributed by atoms with E-state index >= 15 is 0 Å². The van der Waals surface area contributed by atoms with Crippen molar-refractivity contribution in [2.45, 2.75) is 114 Å². The summed E-state index contributed by atoms with van der Waals surface area (Å²) in [6, 6.07) is 8.61. The van der Waals surface area contributed by atoms with Crippen LogP contribution in [0, 0.1) is 0 Å². The maximum Gasteiger partial charge on any atom is 0.0583 e. The number of hydrogen-bond acceptors (Lipinski definition) is 3. The van der Waals surface area contributed by atoms with Crippen molar-refractivity contribution in [1.29, 1.82) is 0 Å². The van der Waals surface area contributed by atoms with E-state index in [0.717, 1.165) is 29.5 Å². The molecule has 1 aliphatic carbocycles. The quantitative estimate of drug-likeness (QED) is 0.643. The molecule has 27 heavy (non-hydrogen) atoms. The number of hydrogen-bond donors (Lipinski definition) is 2. The Labute approximate surface area is 165 Å². The highest BCUT2D eigenvalue weighted by molar-refractivity contribution is 5.68. The number of anilines is 2. The van der Waals surface area contributed by atoms with E-state index in [1.807, 2.05) is 6.07 Å². The van der Waals surface area contributed by atoms with Crippen molar-refractivity contribution in [2.24, 2.45) is 0 Å². The van der Waals surface area contributed by atoms with Gasteiger partial charge in [0.2, 0.25) is 0 Å². The molecule has 2 saturated heterocycles. The number of benzene rings is 1. The second kappa shape index (κ2) is 8.86. The van der Waals surface area contributed by atoms with Gasteiger partial charge in [0.15, 0.2) is 0 Å². The second-order valence-corrected chi connectivity index (χ2v) is 9.41. The molecule has 0 aromatic heterocycles. The van der Waals surface area contributed by atoms with Crippen LogP contribution in [0.4, 0.5) is 11.4 Å². The van der Waals surface area contributed by atoms with Crippen LogP contribution >= 0.6 is 0 Å². The van der Waals surface area contributed by atoms with Gasteiger partial charge >= 0.3 is 0 Å². The van der Waals surface area contributed by atoms with Gasteiger partial charge in [-0.25, -0.2) is 0 Å². The minimum atomic E-state index is 0.597. The lowest BCUT2D eigenvalue weighted by atomic mass is 9.74. The summed E-state index contributed by atoms with van der Waals surface area (Å²) in [5.41, 5.74) is 15.4. The minimum absolute atomic E-state index is 0.597. The smallest absolute Gasteiger partial charge is 0.0583 e. The summed E-state index contributed by atoms with van der Waals surface area (Å²) in [6.07, 6.45) is 19.7. The van der Waals surface area contributed by atoms with E-state index < -0.39 is 0 Å². The molecule has 2 aliphatic heterocycles. The summed E-state index contributed by atoms with van der Waals surface area (Å²) in [5.74, 6) is 0.597. The Morgan fingerprint density at radius 1 is 0.667 bits per heavy atom.